The van der Waals surface area contributed by atoms with Crippen LogP contribution < -0.4 is 0 Å². The summed E-state index contributed by atoms with van der Waals surface area (Å²) in [6, 6.07) is 8.22. The minimum atomic E-state index is -3.71. The molecule has 4 nitrogen and oxygen atoms in total. The molecule has 0 N–H and O–H groups in total. The molecule has 1 aliphatic carbocycles. The van der Waals surface area contributed by atoms with E-state index in [1.807, 2.05) is 11.9 Å². The number of hydrogen-bond acceptors (Lipinski definition) is 4. The van der Waals surface area contributed by atoms with E-state index in [1.54, 1.807) is 25.1 Å². The molecule has 1 aromatic carbocycles. The summed E-state index contributed by atoms with van der Waals surface area (Å²) in [5.41, 5.74) is 1.24. The predicted molar refractivity (Wildman–Crippen MR) is 83.3 cm³/mol. The second kappa shape index (κ2) is 5.81. The minimum absolute atomic E-state index is 0.187. The third-order valence-electron chi connectivity index (χ3n) is 4.01. The van der Waals surface area contributed by atoms with Gasteiger partial charge < -0.3 is 4.90 Å². The molecule has 5 heteroatoms. The zero-order chi connectivity index (χ0) is 15.7. The zero-order valence-corrected chi connectivity index (χ0v) is 13.7. The van der Waals surface area contributed by atoms with E-state index in [2.05, 4.69) is 13.5 Å². The summed E-state index contributed by atoms with van der Waals surface area (Å²) in [5, 5.41) is 0. The molecule has 1 atom stereocenters. The van der Waals surface area contributed by atoms with Crippen molar-refractivity contribution in [2.45, 2.75) is 37.7 Å². The highest BCUT2D eigenvalue weighted by molar-refractivity contribution is 7.86. The van der Waals surface area contributed by atoms with Crippen molar-refractivity contribution < 1.29 is 12.6 Å². The van der Waals surface area contributed by atoms with Gasteiger partial charge in [-0.25, -0.2) is 0 Å². The molecule has 0 aromatic heterocycles. The fraction of sp³-hybridized carbons (Fsp3) is 0.500. The summed E-state index contributed by atoms with van der Waals surface area (Å²) in [7, 11) is -1.78. The molecule has 1 aliphatic rings. The fourth-order valence-corrected chi connectivity index (χ4v) is 3.42. The second-order valence-electron chi connectivity index (χ2n) is 6.06. The minimum Gasteiger partial charge on any atom is -0.375 e. The molecule has 1 aromatic rings. The quantitative estimate of drug-likeness (QED) is 0.726. The summed E-state index contributed by atoms with van der Waals surface area (Å²) in [6.07, 6.45) is 1.86. The van der Waals surface area contributed by atoms with Gasteiger partial charge in [0.2, 0.25) is 0 Å². The lowest BCUT2D eigenvalue weighted by molar-refractivity contribution is 0.179. The van der Waals surface area contributed by atoms with Crippen LogP contribution in [0.2, 0.25) is 0 Å². The molecule has 0 spiro atoms. The third kappa shape index (κ3) is 3.86. The van der Waals surface area contributed by atoms with Gasteiger partial charge in [-0.1, -0.05) is 31.7 Å². The van der Waals surface area contributed by atoms with Gasteiger partial charge in [-0.15, -0.1) is 0 Å². The van der Waals surface area contributed by atoms with E-state index in [0.717, 1.165) is 18.5 Å². The van der Waals surface area contributed by atoms with Gasteiger partial charge in [0.15, 0.2) is 0 Å². The molecule has 116 valence electrons. The number of rotatable bonds is 7. The number of nitrogens with zero attached hydrogens (tertiary/aromatic N) is 1. The van der Waals surface area contributed by atoms with E-state index < -0.39 is 16.2 Å². The maximum atomic E-state index is 12.1. The SMILES string of the molecule is C=C(N(C)CC(C)OS(=O)(=O)c1ccccc1)C1(C)CC1. The molecule has 1 saturated carbocycles. The Balaban J connectivity index is 1.95. The van der Waals surface area contributed by atoms with Crippen LogP contribution in [0.15, 0.2) is 47.5 Å². The van der Waals surface area contributed by atoms with Gasteiger partial charge in [0, 0.05) is 24.7 Å². The smallest absolute Gasteiger partial charge is 0.297 e. The Labute approximate surface area is 127 Å². The van der Waals surface area contributed by atoms with Crippen LogP contribution in [-0.2, 0) is 14.3 Å². The molecule has 21 heavy (non-hydrogen) atoms. The zero-order valence-electron chi connectivity index (χ0n) is 12.9. The van der Waals surface area contributed by atoms with Crippen LogP contribution in [0, 0.1) is 5.41 Å². The normalized spacial score (nSPS) is 18.0. The van der Waals surface area contributed by atoms with Crippen molar-refractivity contribution in [1.82, 2.24) is 4.90 Å². The molecular weight excluding hydrogens is 286 g/mol. The van der Waals surface area contributed by atoms with Crippen molar-refractivity contribution in [2.24, 2.45) is 5.41 Å². The maximum Gasteiger partial charge on any atom is 0.297 e. The van der Waals surface area contributed by atoms with Crippen LogP contribution in [0.4, 0.5) is 0 Å². The van der Waals surface area contributed by atoms with Crippen molar-refractivity contribution >= 4 is 10.1 Å². The average Bonchev–Trinajstić information content (AvgIpc) is 3.17. The summed E-state index contributed by atoms with van der Waals surface area (Å²) in [5.74, 6) is 0. The van der Waals surface area contributed by atoms with Gasteiger partial charge in [-0.2, -0.15) is 8.42 Å². The van der Waals surface area contributed by atoms with Crippen molar-refractivity contribution in [3.05, 3.63) is 42.6 Å². The Morgan fingerprint density at radius 3 is 2.48 bits per heavy atom. The van der Waals surface area contributed by atoms with Crippen molar-refractivity contribution in [1.29, 1.82) is 0 Å². The molecule has 1 fully saturated rings. The van der Waals surface area contributed by atoms with E-state index in [-0.39, 0.29) is 10.3 Å². The molecule has 1 unspecified atom stereocenters. The lowest BCUT2D eigenvalue weighted by Crippen LogP contribution is -2.32. The Kier molecular flexibility index (Phi) is 4.44. The lowest BCUT2D eigenvalue weighted by atomic mass is 10.1. The molecule has 2 rings (SSSR count). The van der Waals surface area contributed by atoms with Crippen molar-refractivity contribution in [2.75, 3.05) is 13.6 Å². The van der Waals surface area contributed by atoms with Gasteiger partial charge in [0.05, 0.1) is 11.0 Å². The van der Waals surface area contributed by atoms with Crippen molar-refractivity contribution in [3.63, 3.8) is 0 Å². The topological polar surface area (TPSA) is 46.6 Å². The Hall–Kier alpha value is -1.33. The highest BCUT2D eigenvalue weighted by atomic mass is 32.2. The number of allylic oxidation sites excluding steroid dienone is 1. The summed E-state index contributed by atoms with van der Waals surface area (Å²) in [4.78, 5) is 2.19. The van der Waals surface area contributed by atoms with Crippen LogP contribution in [-0.4, -0.2) is 33.0 Å². The molecule has 0 aliphatic heterocycles. The summed E-state index contributed by atoms with van der Waals surface area (Å²) in [6.45, 7) is 8.56. The van der Waals surface area contributed by atoms with E-state index in [4.69, 9.17) is 4.18 Å². The van der Waals surface area contributed by atoms with Crippen LogP contribution in [0.5, 0.6) is 0 Å². The highest BCUT2D eigenvalue weighted by Gasteiger charge is 2.41. The molecule has 0 saturated heterocycles. The fourth-order valence-electron chi connectivity index (χ4n) is 2.32. The molecule has 0 radical (unpaired) electrons. The predicted octanol–water partition coefficient (Wildman–Crippen LogP) is 3.03. The lowest BCUT2D eigenvalue weighted by Gasteiger charge is -2.28. The Morgan fingerprint density at radius 1 is 1.38 bits per heavy atom. The number of hydrogen-bond donors (Lipinski definition) is 0. The molecule has 0 heterocycles. The second-order valence-corrected chi connectivity index (χ2v) is 7.63. The van der Waals surface area contributed by atoms with Gasteiger partial charge in [-0.3, -0.25) is 4.18 Å². The Morgan fingerprint density at radius 2 is 1.95 bits per heavy atom. The molecule has 0 bridgehead atoms. The van der Waals surface area contributed by atoms with Gasteiger partial charge in [-0.05, 0) is 31.9 Å². The number of benzene rings is 1. The first kappa shape index (κ1) is 16.0. The first-order valence-electron chi connectivity index (χ1n) is 7.13. The van der Waals surface area contributed by atoms with Crippen LogP contribution in [0.3, 0.4) is 0 Å². The summed E-state index contributed by atoms with van der Waals surface area (Å²) >= 11 is 0. The largest absolute Gasteiger partial charge is 0.375 e. The van der Waals surface area contributed by atoms with E-state index >= 15 is 0 Å². The maximum absolute atomic E-state index is 12.1. The monoisotopic (exact) mass is 309 g/mol. The summed E-state index contributed by atoms with van der Waals surface area (Å²) < 4.78 is 29.5. The van der Waals surface area contributed by atoms with Gasteiger partial charge in [0.1, 0.15) is 0 Å². The van der Waals surface area contributed by atoms with Crippen molar-refractivity contribution in [3.8, 4) is 0 Å². The molecular formula is C16H23NO3S. The van der Waals surface area contributed by atoms with Crippen LogP contribution in [0.1, 0.15) is 26.7 Å². The first-order valence-corrected chi connectivity index (χ1v) is 8.54. The standard InChI is InChI=1S/C16H23NO3S/c1-13(12-17(4)14(2)16(3)10-11-16)20-21(18,19)15-8-6-5-7-9-15/h5-9,13H,2,10-12H2,1,3-4H3. The average molecular weight is 309 g/mol. The first-order chi connectivity index (χ1) is 9.74. The van der Waals surface area contributed by atoms with Crippen LogP contribution >= 0.6 is 0 Å². The van der Waals surface area contributed by atoms with E-state index in [0.29, 0.717) is 6.54 Å². The Bertz CT molecular complexity index is 606. The number of likely N-dealkylation sites (N-methyl/N-ethyl adjacent to an activating group) is 1. The van der Waals surface area contributed by atoms with E-state index in [9.17, 15) is 8.42 Å². The third-order valence-corrected chi connectivity index (χ3v) is 5.44. The van der Waals surface area contributed by atoms with E-state index in [1.165, 1.54) is 12.1 Å². The van der Waals surface area contributed by atoms with Gasteiger partial charge in [0.25, 0.3) is 10.1 Å². The van der Waals surface area contributed by atoms with Gasteiger partial charge >= 0.3 is 0 Å². The molecule has 0 amide bonds. The van der Waals surface area contributed by atoms with Crippen LogP contribution in [0.25, 0.3) is 0 Å². The highest BCUT2D eigenvalue weighted by Crippen LogP contribution is 2.51.